The fraction of sp³-hybridized carbons (Fsp3) is 0.143. The molecule has 1 N–H and O–H groups in total. The van der Waals surface area contributed by atoms with Crippen LogP contribution in [0.15, 0.2) is 59.0 Å². The minimum Gasteiger partial charge on any atom is -0.433 e. The summed E-state index contributed by atoms with van der Waals surface area (Å²) in [6.45, 7) is 4.53. The topological polar surface area (TPSA) is 55.1 Å². The highest BCUT2D eigenvalue weighted by atomic mass is 16.4. The Labute approximate surface area is 145 Å². The summed E-state index contributed by atoms with van der Waals surface area (Å²) in [4.78, 5) is 16.9. The number of hydrogen-bond donors (Lipinski definition) is 1. The number of carbonyl (C=O) groups is 1. The van der Waals surface area contributed by atoms with Gasteiger partial charge in [-0.25, -0.2) is 4.98 Å². The van der Waals surface area contributed by atoms with Gasteiger partial charge < -0.3 is 9.73 Å². The van der Waals surface area contributed by atoms with Crippen molar-refractivity contribution >= 4 is 27.9 Å². The number of aryl methyl sites for hydroxylation is 2. The molecule has 0 unspecified atom stereocenters. The lowest BCUT2D eigenvalue weighted by atomic mass is 10.1. The van der Waals surface area contributed by atoms with Gasteiger partial charge in [0.15, 0.2) is 5.76 Å². The van der Waals surface area contributed by atoms with Gasteiger partial charge in [-0.2, -0.15) is 0 Å². The molecule has 25 heavy (non-hydrogen) atoms. The van der Waals surface area contributed by atoms with Crippen LogP contribution in [0.5, 0.6) is 0 Å². The highest BCUT2D eigenvalue weighted by Crippen LogP contribution is 2.23. The second kappa shape index (κ2) is 6.06. The van der Waals surface area contributed by atoms with Gasteiger partial charge in [-0.15, -0.1) is 0 Å². The van der Waals surface area contributed by atoms with Crippen LogP contribution in [-0.4, -0.2) is 10.9 Å². The van der Waals surface area contributed by atoms with Gasteiger partial charge >= 0.3 is 0 Å². The molecule has 1 amide bonds. The number of fused-ring (bicyclic) bond motifs is 2. The number of rotatable bonds is 3. The van der Waals surface area contributed by atoms with Gasteiger partial charge in [0.2, 0.25) is 5.71 Å². The first-order valence-electron chi connectivity index (χ1n) is 8.23. The smallest absolute Gasteiger partial charge is 0.287 e. The van der Waals surface area contributed by atoms with Gasteiger partial charge in [0, 0.05) is 17.3 Å². The number of nitrogens with one attached hydrogen (secondary N) is 1. The second-order valence-electron chi connectivity index (χ2n) is 6.36. The average molecular weight is 330 g/mol. The number of furan rings is 1. The molecule has 0 atom stereocenters. The van der Waals surface area contributed by atoms with Crippen LogP contribution in [0.3, 0.4) is 0 Å². The maximum Gasteiger partial charge on any atom is 0.287 e. The summed E-state index contributed by atoms with van der Waals surface area (Å²) in [5.74, 6) is 0.0421. The number of pyridine rings is 1. The van der Waals surface area contributed by atoms with Crippen molar-refractivity contribution in [3.8, 4) is 0 Å². The van der Waals surface area contributed by atoms with E-state index >= 15 is 0 Å². The third-order valence-corrected chi connectivity index (χ3v) is 4.26. The molecule has 0 fully saturated rings. The number of nitrogens with zero attached hydrogens (tertiary/aromatic N) is 1. The molecule has 2 heterocycles. The zero-order chi connectivity index (χ0) is 17.4. The van der Waals surface area contributed by atoms with Gasteiger partial charge in [-0.1, -0.05) is 42.0 Å². The Morgan fingerprint density at radius 2 is 1.72 bits per heavy atom. The van der Waals surface area contributed by atoms with Crippen LogP contribution < -0.4 is 5.32 Å². The molecular formula is C21H18N2O2. The number of hydrogen-bond acceptors (Lipinski definition) is 3. The van der Waals surface area contributed by atoms with E-state index in [9.17, 15) is 4.79 Å². The first-order valence-corrected chi connectivity index (χ1v) is 8.23. The Morgan fingerprint density at radius 1 is 0.960 bits per heavy atom. The number of amides is 1. The summed E-state index contributed by atoms with van der Waals surface area (Å²) in [6, 6.07) is 17.9. The van der Waals surface area contributed by atoms with E-state index in [2.05, 4.69) is 10.3 Å². The van der Waals surface area contributed by atoms with Crippen LogP contribution in [0.2, 0.25) is 0 Å². The molecule has 0 radical (unpaired) electrons. The Bertz CT molecular complexity index is 1080. The summed E-state index contributed by atoms with van der Waals surface area (Å²) >= 11 is 0. The van der Waals surface area contributed by atoms with E-state index in [0.717, 1.165) is 27.4 Å². The summed E-state index contributed by atoms with van der Waals surface area (Å²) in [7, 11) is 0. The van der Waals surface area contributed by atoms with Crippen molar-refractivity contribution in [1.82, 2.24) is 10.3 Å². The lowest BCUT2D eigenvalue weighted by molar-refractivity contribution is 0.0925. The molecular weight excluding hydrogens is 312 g/mol. The third-order valence-electron chi connectivity index (χ3n) is 4.26. The molecule has 0 aliphatic carbocycles. The molecule has 0 saturated carbocycles. The maximum absolute atomic E-state index is 12.4. The number of aromatic nitrogens is 1. The van der Waals surface area contributed by atoms with E-state index in [-0.39, 0.29) is 11.7 Å². The molecule has 124 valence electrons. The third kappa shape index (κ3) is 3.11. The molecule has 2 aromatic heterocycles. The Kier molecular flexibility index (Phi) is 3.73. The van der Waals surface area contributed by atoms with Crippen LogP contribution in [-0.2, 0) is 6.54 Å². The quantitative estimate of drug-likeness (QED) is 0.600. The van der Waals surface area contributed by atoms with Gasteiger partial charge in [0.05, 0.1) is 5.52 Å². The molecule has 0 aliphatic heterocycles. The van der Waals surface area contributed by atoms with Gasteiger partial charge in [-0.05, 0) is 43.2 Å². The predicted octanol–water partition coefficient (Wildman–Crippen LogP) is 4.53. The lowest BCUT2D eigenvalue weighted by Gasteiger charge is -2.03. The van der Waals surface area contributed by atoms with E-state index in [1.165, 1.54) is 5.56 Å². The lowest BCUT2D eigenvalue weighted by Crippen LogP contribution is -2.22. The molecule has 0 aliphatic rings. The molecule has 4 rings (SSSR count). The van der Waals surface area contributed by atoms with E-state index < -0.39 is 0 Å². The van der Waals surface area contributed by atoms with E-state index in [4.69, 9.17) is 4.42 Å². The van der Waals surface area contributed by atoms with E-state index in [0.29, 0.717) is 12.3 Å². The van der Waals surface area contributed by atoms with Crippen LogP contribution in [0, 0.1) is 13.8 Å². The normalized spacial score (nSPS) is 11.1. The number of benzene rings is 2. The minimum atomic E-state index is -0.237. The van der Waals surface area contributed by atoms with Gasteiger partial charge in [0.25, 0.3) is 5.91 Å². The molecule has 0 bridgehead atoms. The Hall–Kier alpha value is -3.14. The standard InChI is InChI=1S/C21H18N2O2/c1-13-3-6-15(7-4-13)12-22-20(24)19-11-17-10-16-8-5-14(2)9-18(16)23-21(17)25-19/h3-11H,12H2,1-2H3,(H,22,24). The van der Waals surface area contributed by atoms with Crippen molar-refractivity contribution in [1.29, 1.82) is 0 Å². The van der Waals surface area contributed by atoms with Crippen molar-refractivity contribution in [2.24, 2.45) is 0 Å². The zero-order valence-corrected chi connectivity index (χ0v) is 14.2. The molecule has 2 aromatic carbocycles. The Morgan fingerprint density at radius 3 is 2.52 bits per heavy atom. The van der Waals surface area contributed by atoms with Crippen molar-refractivity contribution in [3.05, 3.63) is 77.0 Å². The monoisotopic (exact) mass is 330 g/mol. The second-order valence-corrected chi connectivity index (χ2v) is 6.36. The molecule has 4 heteroatoms. The van der Waals surface area contributed by atoms with Crippen LogP contribution in [0.25, 0.3) is 22.0 Å². The van der Waals surface area contributed by atoms with Crippen molar-refractivity contribution in [2.75, 3.05) is 0 Å². The first kappa shape index (κ1) is 15.4. The molecule has 4 nitrogen and oxygen atoms in total. The summed E-state index contributed by atoms with van der Waals surface area (Å²) in [6.07, 6.45) is 0. The largest absolute Gasteiger partial charge is 0.433 e. The SMILES string of the molecule is Cc1ccc(CNC(=O)c2cc3cc4ccc(C)cc4nc3o2)cc1. The fourth-order valence-corrected chi connectivity index (χ4v) is 2.82. The molecule has 4 aromatic rings. The van der Waals surface area contributed by atoms with Crippen molar-refractivity contribution in [2.45, 2.75) is 20.4 Å². The van der Waals surface area contributed by atoms with Gasteiger partial charge in [-0.3, -0.25) is 4.79 Å². The zero-order valence-electron chi connectivity index (χ0n) is 14.2. The summed E-state index contributed by atoms with van der Waals surface area (Å²) in [5, 5.41) is 4.75. The first-order chi connectivity index (χ1) is 12.1. The average Bonchev–Trinajstić information content (AvgIpc) is 3.02. The number of carbonyl (C=O) groups excluding carboxylic acids is 1. The Balaban J connectivity index is 1.58. The highest BCUT2D eigenvalue weighted by Gasteiger charge is 2.13. The fourth-order valence-electron chi connectivity index (χ4n) is 2.82. The summed E-state index contributed by atoms with van der Waals surface area (Å²) in [5.41, 5.74) is 4.74. The van der Waals surface area contributed by atoms with Crippen LogP contribution >= 0.6 is 0 Å². The van der Waals surface area contributed by atoms with E-state index in [1.54, 1.807) is 6.07 Å². The van der Waals surface area contributed by atoms with Crippen molar-refractivity contribution < 1.29 is 9.21 Å². The molecule has 0 saturated heterocycles. The van der Waals surface area contributed by atoms with Crippen LogP contribution in [0.4, 0.5) is 0 Å². The van der Waals surface area contributed by atoms with E-state index in [1.807, 2.05) is 62.4 Å². The maximum atomic E-state index is 12.4. The highest BCUT2D eigenvalue weighted by molar-refractivity contribution is 5.98. The predicted molar refractivity (Wildman–Crippen MR) is 98.6 cm³/mol. The van der Waals surface area contributed by atoms with Crippen LogP contribution in [0.1, 0.15) is 27.2 Å². The van der Waals surface area contributed by atoms with Crippen molar-refractivity contribution in [3.63, 3.8) is 0 Å². The minimum absolute atomic E-state index is 0.237. The molecule has 0 spiro atoms. The van der Waals surface area contributed by atoms with Gasteiger partial charge in [0.1, 0.15) is 0 Å². The summed E-state index contributed by atoms with van der Waals surface area (Å²) < 4.78 is 5.66.